The van der Waals surface area contributed by atoms with Gasteiger partial charge in [-0.15, -0.1) is 0 Å². The highest BCUT2D eigenvalue weighted by Crippen LogP contribution is 2.29. The predicted molar refractivity (Wildman–Crippen MR) is 128 cm³/mol. The van der Waals surface area contributed by atoms with Crippen LogP contribution in [0, 0.1) is 0 Å². The van der Waals surface area contributed by atoms with E-state index < -0.39 is 0 Å². The molecule has 1 aromatic heterocycles. The van der Waals surface area contributed by atoms with Crippen LogP contribution in [0.1, 0.15) is 23.3 Å². The van der Waals surface area contributed by atoms with Gasteiger partial charge in [-0.2, -0.15) is 0 Å². The number of nitrogens with two attached hydrogens (primary N) is 1. The summed E-state index contributed by atoms with van der Waals surface area (Å²) in [6.45, 7) is 5.36. The number of nitrogen functional groups attached to an aromatic ring is 1. The predicted octanol–water partition coefficient (Wildman–Crippen LogP) is 3.43. The Morgan fingerprint density at radius 1 is 1.22 bits per heavy atom. The molecule has 0 saturated carbocycles. The van der Waals surface area contributed by atoms with Crippen molar-refractivity contribution in [3.05, 3.63) is 66.9 Å². The molecule has 2 heterocycles. The number of fused-ring (bicyclic) bond motifs is 1. The first kappa shape index (κ1) is 21.5. The Bertz CT molecular complexity index is 1190. The molecule has 2 aromatic carbocycles. The van der Waals surface area contributed by atoms with Crippen LogP contribution in [0.25, 0.3) is 22.0 Å². The second-order valence-electron chi connectivity index (χ2n) is 8.14. The van der Waals surface area contributed by atoms with Crippen molar-refractivity contribution in [3.63, 3.8) is 0 Å². The zero-order valence-electron chi connectivity index (χ0n) is 18.1. The van der Waals surface area contributed by atoms with Gasteiger partial charge in [-0.05, 0) is 62.2 Å². The van der Waals surface area contributed by atoms with E-state index in [-0.39, 0.29) is 23.6 Å². The van der Waals surface area contributed by atoms with Crippen molar-refractivity contribution in [2.75, 3.05) is 31.2 Å². The van der Waals surface area contributed by atoms with E-state index in [1.54, 1.807) is 12.1 Å². The van der Waals surface area contributed by atoms with Gasteiger partial charge < -0.3 is 21.3 Å². The third kappa shape index (κ3) is 4.63. The molecule has 4 N–H and O–H groups in total. The number of benzene rings is 2. The molecule has 0 aliphatic carbocycles. The number of piperidine rings is 1. The third-order valence-corrected chi connectivity index (χ3v) is 5.72. The first-order chi connectivity index (χ1) is 15.4. The number of rotatable bonds is 5. The average molecular weight is 430 g/mol. The Kier molecular flexibility index (Phi) is 6.18. The molecule has 32 heavy (non-hydrogen) atoms. The molecule has 1 aliphatic heterocycles. The molecule has 4 rings (SSSR count). The van der Waals surface area contributed by atoms with Crippen molar-refractivity contribution in [1.82, 2.24) is 15.2 Å². The highest BCUT2D eigenvalue weighted by molar-refractivity contribution is 6.06. The van der Waals surface area contributed by atoms with E-state index in [0.29, 0.717) is 17.1 Å². The van der Waals surface area contributed by atoms with Crippen LogP contribution < -0.4 is 16.4 Å². The van der Waals surface area contributed by atoms with Gasteiger partial charge in [0.25, 0.3) is 5.91 Å². The fraction of sp³-hybridized carbons (Fsp3) is 0.240. The molecular formula is C25H27N5O2. The van der Waals surface area contributed by atoms with Gasteiger partial charge >= 0.3 is 0 Å². The highest BCUT2D eigenvalue weighted by atomic mass is 16.2. The molecule has 1 unspecified atom stereocenters. The number of amides is 2. The van der Waals surface area contributed by atoms with Crippen LogP contribution in [0.3, 0.4) is 0 Å². The van der Waals surface area contributed by atoms with E-state index in [1.165, 1.54) is 6.08 Å². The smallest absolute Gasteiger partial charge is 0.272 e. The lowest BCUT2D eigenvalue weighted by atomic mass is 10.0. The standard InChI is InChI=1S/C25H27N5O2/c1-3-23(31)28-22-8-4-6-16-9-10-17(14-19(16)22)21-12-11-20(26)24(29-21)25(32)27-18-7-5-13-30(2)15-18/h3-4,6,8-12,14,18H,1,5,7,13,15,26H2,2H3,(H,27,32)(H,28,31). The number of pyridine rings is 1. The van der Waals surface area contributed by atoms with Crippen molar-refractivity contribution < 1.29 is 9.59 Å². The summed E-state index contributed by atoms with van der Waals surface area (Å²) in [6, 6.07) is 15.1. The number of anilines is 2. The zero-order valence-corrected chi connectivity index (χ0v) is 18.1. The molecule has 1 atom stereocenters. The van der Waals surface area contributed by atoms with Crippen molar-refractivity contribution in [2.45, 2.75) is 18.9 Å². The maximum atomic E-state index is 12.9. The Hall–Kier alpha value is -3.71. The SMILES string of the molecule is C=CC(=O)Nc1cccc2ccc(-c3ccc(N)c(C(=O)NC4CCCN(C)C4)n3)cc12. The fourth-order valence-electron chi connectivity index (χ4n) is 4.08. The number of aromatic nitrogens is 1. The summed E-state index contributed by atoms with van der Waals surface area (Å²) in [5.41, 5.74) is 8.81. The minimum Gasteiger partial charge on any atom is -0.397 e. The molecule has 0 radical (unpaired) electrons. The summed E-state index contributed by atoms with van der Waals surface area (Å²) >= 11 is 0. The molecule has 0 spiro atoms. The van der Waals surface area contributed by atoms with Gasteiger partial charge in [0.1, 0.15) is 0 Å². The fourth-order valence-corrected chi connectivity index (χ4v) is 4.08. The largest absolute Gasteiger partial charge is 0.397 e. The summed E-state index contributed by atoms with van der Waals surface area (Å²) in [6.07, 6.45) is 3.23. The quantitative estimate of drug-likeness (QED) is 0.540. The second-order valence-corrected chi connectivity index (χ2v) is 8.14. The van der Waals surface area contributed by atoms with Gasteiger partial charge in [0.2, 0.25) is 5.91 Å². The summed E-state index contributed by atoms with van der Waals surface area (Å²) < 4.78 is 0. The van der Waals surface area contributed by atoms with Crippen molar-refractivity contribution in [1.29, 1.82) is 0 Å². The van der Waals surface area contributed by atoms with Gasteiger partial charge in [-0.1, -0.05) is 30.8 Å². The highest BCUT2D eigenvalue weighted by Gasteiger charge is 2.22. The monoisotopic (exact) mass is 429 g/mol. The Morgan fingerprint density at radius 2 is 2.06 bits per heavy atom. The number of likely N-dealkylation sites (N-methyl/N-ethyl adjacent to an activating group) is 1. The number of nitrogens with zero attached hydrogens (tertiary/aromatic N) is 2. The van der Waals surface area contributed by atoms with Crippen LogP contribution in [0.15, 0.2) is 61.2 Å². The van der Waals surface area contributed by atoms with Gasteiger partial charge in [-0.25, -0.2) is 4.98 Å². The Balaban J connectivity index is 1.65. The lowest BCUT2D eigenvalue weighted by molar-refractivity contribution is -0.111. The summed E-state index contributed by atoms with van der Waals surface area (Å²) in [4.78, 5) is 31.5. The van der Waals surface area contributed by atoms with E-state index in [4.69, 9.17) is 5.73 Å². The van der Waals surface area contributed by atoms with Crippen LogP contribution in [-0.2, 0) is 4.79 Å². The molecule has 1 fully saturated rings. The van der Waals surface area contributed by atoms with Crippen LogP contribution >= 0.6 is 0 Å². The van der Waals surface area contributed by atoms with Gasteiger partial charge in [-0.3, -0.25) is 9.59 Å². The van der Waals surface area contributed by atoms with Crippen LogP contribution in [0.4, 0.5) is 11.4 Å². The van der Waals surface area contributed by atoms with Crippen LogP contribution in [0.5, 0.6) is 0 Å². The lowest BCUT2D eigenvalue weighted by Gasteiger charge is -2.30. The summed E-state index contributed by atoms with van der Waals surface area (Å²) in [7, 11) is 2.05. The maximum Gasteiger partial charge on any atom is 0.272 e. The second kappa shape index (κ2) is 9.20. The number of carbonyl (C=O) groups is 2. The van der Waals surface area contributed by atoms with Crippen molar-refractivity contribution in [2.24, 2.45) is 0 Å². The molecule has 2 amide bonds. The molecule has 164 valence electrons. The van der Waals surface area contributed by atoms with Crippen molar-refractivity contribution in [3.8, 4) is 11.3 Å². The van der Waals surface area contributed by atoms with Gasteiger partial charge in [0.05, 0.1) is 11.4 Å². The van der Waals surface area contributed by atoms with E-state index in [9.17, 15) is 9.59 Å². The van der Waals surface area contributed by atoms with Gasteiger partial charge in [0, 0.05) is 29.2 Å². The minimum absolute atomic E-state index is 0.0859. The Morgan fingerprint density at radius 3 is 2.84 bits per heavy atom. The molecule has 3 aromatic rings. The number of hydrogen-bond donors (Lipinski definition) is 3. The number of hydrogen-bond acceptors (Lipinski definition) is 5. The molecule has 7 nitrogen and oxygen atoms in total. The molecule has 1 saturated heterocycles. The lowest BCUT2D eigenvalue weighted by Crippen LogP contribution is -2.46. The molecule has 0 bridgehead atoms. The first-order valence-electron chi connectivity index (χ1n) is 10.7. The van der Waals surface area contributed by atoms with E-state index in [2.05, 4.69) is 34.1 Å². The minimum atomic E-state index is -0.277. The first-order valence-corrected chi connectivity index (χ1v) is 10.7. The Labute approximate surface area is 187 Å². The average Bonchev–Trinajstić information content (AvgIpc) is 2.79. The molecule has 1 aliphatic rings. The number of nitrogens with one attached hydrogen (secondary N) is 2. The van der Waals surface area contributed by atoms with Crippen LogP contribution in [0.2, 0.25) is 0 Å². The number of likely N-dealkylation sites (tertiary alicyclic amines) is 1. The normalized spacial score (nSPS) is 16.5. The van der Waals surface area contributed by atoms with Crippen molar-refractivity contribution >= 4 is 34.0 Å². The third-order valence-electron chi connectivity index (χ3n) is 5.72. The molecular weight excluding hydrogens is 402 g/mol. The van der Waals surface area contributed by atoms with E-state index in [0.717, 1.165) is 42.3 Å². The summed E-state index contributed by atoms with van der Waals surface area (Å²) in [5, 5.41) is 7.76. The van der Waals surface area contributed by atoms with E-state index >= 15 is 0 Å². The zero-order chi connectivity index (χ0) is 22.7. The van der Waals surface area contributed by atoms with Crippen LogP contribution in [-0.4, -0.2) is 47.9 Å². The molecule has 7 heteroatoms. The maximum absolute atomic E-state index is 12.9. The number of carbonyl (C=O) groups excluding carboxylic acids is 2. The summed E-state index contributed by atoms with van der Waals surface area (Å²) in [5.74, 6) is -0.537. The van der Waals surface area contributed by atoms with Gasteiger partial charge in [0.15, 0.2) is 5.69 Å². The van der Waals surface area contributed by atoms with E-state index in [1.807, 2.05) is 36.4 Å². The topological polar surface area (TPSA) is 100 Å².